The summed E-state index contributed by atoms with van der Waals surface area (Å²) in [5.41, 5.74) is -0.206. The summed E-state index contributed by atoms with van der Waals surface area (Å²) in [5.74, 6) is -5.05. The van der Waals surface area contributed by atoms with E-state index < -0.39 is 23.4 Å². The third kappa shape index (κ3) is 2.81. The maximum absolute atomic E-state index is 12.9. The van der Waals surface area contributed by atoms with Crippen LogP contribution in [0.3, 0.4) is 0 Å². The number of anilines is 2. The Bertz CT molecular complexity index is 608. The van der Waals surface area contributed by atoms with Gasteiger partial charge in [0.2, 0.25) is 10.1 Å². The van der Waals surface area contributed by atoms with Crippen molar-refractivity contribution in [3.8, 4) is 0 Å². The van der Waals surface area contributed by atoms with Gasteiger partial charge in [0.1, 0.15) is 0 Å². The van der Waals surface area contributed by atoms with Crippen LogP contribution in [0.4, 0.5) is 24.0 Å². The highest BCUT2D eigenvalue weighted by atomic mass is 32.1. The SMILES string of the molecule is CNc1nnc(C(=O)Nc2cc(F)c(F)c(F)c2)s1. The van der Waals surface area contributed by atoms with Gasteiger partial charge in [0.25, 0.3) is 5.91 Å². The maximum atomic E-state index is 12.9. The van der Waals surface area contributed by atoms with Crippen molar-refractivity contribution in [1.29, 1.82) is 0 Å². The normalized spacial score (nSPS) is 10.3. The number of benzene rings is 1. The third-order valence-electron chi connectivity index (χ3n) is 2.07. The Kier molecular flexibility index (Phi) is 3.65. The Labute approximate surface area is 109 Å². The van der Waals surface area contributed by atoms with Gasteiger partial charge in [-0.15, -0.1) is 10.2 Å². The molecule has 1 heterocycles. The third-order valence-corrected chi connectivity index (χ3v) is 3.01. The Morgan fingerprint density at radius 1 is 1.21 bits per heavy atom. The van der Waals surface area contributed by atoms with E-state index in [4.69, 9.17) is 0 Å². The molecule has 1 aromatic carbocycles. The molecule has 1 aromatic heterocycles. The average Bonchev–Trinajstić information content (AvgIpc) is 2.84. The fraction of sp³-hybridized carbons (Fsp3) is 0.100. The predicted molar refractivity (Wildman–Crippen MR) is 63.7 cm³/mol. The topological polar surface area (TPSA) is 66.9 Å². The number of carbonyl (C=O) groups is 1. The van der Waals surface area contributed by atoms with Crippen molar-refractivity contribution in [2.75, 3.05) is 17.7 Å². The van der Waals surface area contributed by atoms with E-state index in [-0.39, 0.29) is 10.7 Å². The number of carbonyl (C=O) groups excluding carboxylic acids is 1. The molecule has 100 valence electrons. The van der Waals surface area contributed by atoms with Crippen molar-refractivity contribution in [2.45, 2.75) is 0 Å². The zero-order valence-corrected chi connectivity index (χ0v) is 10.3. The van der Waals surface area contributed by atoms with E-state index in [0.717, 1.165) is 11.3 Å². The van der Waals surface area contributed by atoms with Crippen LogP contribution in [0.2, 0.25) is 0 Å². The van der Waals surface area contributed by atoms with E-state index >= 15 is 0 Å². The fourth-order valence-corrected chi connectivity index (χ4v) is 1.82. The van der Waals surface area contributed by atoms with Gasteiger partial charge in [-0.05, 0) is 0 Å². The molecule has 0 bridgehead atoms. The lowest BCUT2D eigenvalue weighted by molar-refractivity contribution is 0.102. The summed E-state index contributed by atoms with van der Waals surface area (Å²) in [4.78, 5) is 11.7. The molecular formula is C10H7F3N4OS. The molecule has 0 unspecified atom stereocenters. The van der Waals surface area contributed by atoms with Crippen molar-refractivity contribution >= 4 is 28.1 Å². The van der Waals surface area contributed by atoms with E-state index in [1.807, 2.05) is 0 Å². The van der Waals surface area contributed by atoms with Crippen LogP contribution in [0.5, 0.6) is 0 Å². The van der Waals surface area contributed by atoms with Crippen LogP contribution in [0.15, 0.2) is 12.1 Å². The highest BCUT2D eigenvalue weighted by Gasteiger charge is 2.15. The quantitative estimate of drug-likeness (QED) is 0.850. The van der Waals surface area contributed by atoms with Crippen molar-refractivity contribution < 1.29 is 18.0 Å². The number of nitrogens with zero attached hydrogens (tertiary/aromatic N) is 2. The van der Waals surface area contributed by atoms with Crippen LogP contribution in [-0.4, -0.2) is 23.2 Å². The molecule has 9 heteroatoms. The first-order chi connectivity index (χ1) is 9.01. The van der Waals surface area contributed by atoms with Crippen LogP contribution < -0.4 is 10.6 Å². The van der Waals surface area contributed by atoms with Gasteiger partial charge in [-0.3, -0.25) is 4.79 Å². The monoisotopic (exact) mass is 288 g/mol. The van der Waals surface area contributed by atoms with Crippen LogP contribution in [0.1, 0.15) is 9.80 Å². The van der Waals surface area contributed by atoms with Gasteiger partial charge in [-0.1, -0.05) is 11.3 Å². The Morgan fingerprint density at radius 2 is 1.84 bits per heavy atom. The Balaban J connectivity index is 2.19. The molecule has 2 N–H and O–H groups in total. The molecule has 0 spiro atoms. The van der Waals surface area contributed by atoms with Crippen molar-refractivity contribution in [2.24, 2.45) is 0 Å². The maximum Gasteiger partial charge on any atom is 0.286 e. The minimum Gasteiger partial charge on any atom is -0.363 e. The summed E-state index contributed by atoms with van der Waals surface area (Å²) >= 11 is 0.965. The molecule has 1 amide bonds. The van der Waals surface area contributed by atoms with Gasteiger partial charge in [-0.25, -0.2) is 13.2 Å². The summed E-state index contributed by atoms with van der Waals surface area (Å²) < 4.78 is 38.6. The summed E-state index contributed by atoms with van der Waals surface area (Å²) in [7, 11) is 1.60. The number of amides is 1. The highest BCUT2D eigenvalue weighted by Crippen LogP contribution is 2.19. The van der Waals surface area contributed by atoms with Crippen molar-refractivity contribution in [1.82, 2.24) is 10.2 Å². The summed E-state index contributed by atoms with van der Waals surface area (Å²) in [6.45, 7) is 0. The molecule has 0 atom stereocenters. The fourth-order valence-electron chi connectivity index (χ4n) is 1.23. The second kappa shape index (κ2) is 5.22. The standard InChI is InChI=1S/C10H7F3N4OS/c1-14-10-17-16-9(19-10)8(18)15-4-2-5(11)7(13)6(12)3-4/h2-3H,1H3,(H,14,17)(H,15,18). The largest absolute Gasteiger partial charge is 0.363 e. The first kappa shape index (κ1) is 13.3. The highest BCUT2D eigenvalue weighted by molar-refractivity contribution is 7.17. The summed E-state index contributed by atoms with van der Waals surface area (Å²) in [5, 5.41) is 12.5. The number of hydrogen-bond acceptors (Lipinski definition) is 5. The van der Waals surface area contributed by atoms with E-state index in [1.165, 1.54) is 0 Å². The second-order valence-corrected chi connectivity index (χ2v) is 4.35. The molecule has 0 saturated carbocycles. The number of hydrogen-bond donors (Lipinski definition) is 2. The van der Waals surface area contributed by atoms with Gasteiger partial charge >= 0.3 is 0 Å². The number of rotatable bonds is 3. The van der Waals surface area contributed by atoms with Crippen molar-refractivity contribution in [3.05, 3.63) is 34.6 Å². The zero-order valence-electron chi connectivity index (χ0n) is 9.50. The van der Waals surface area contributed by atoms with Crippen LogP contribution >= 0.6 is 11.3 Å². The van der Waals surface area contributed by atoms with Crippen molar-refractivity contribution in [3.63, 3.8) is 0 Å². The van der Waals surface area contributed by atoms with Gasteiger partial charge in [0.15, 0.2) is 17.5 Å². The lowest BCUT2D eigenvalue weighted by atomic mass is 10.3. The number of aromatic nitrogens is 2. The van der Waals surface area contributed by atoms with Gasteiger partial charge in [0, 0.05) is 24.9 Å². The molecule has 0 fully saturated rings. The Hall–Kier alpha value is -2.16. The second-order valence-electron chi connectivity index (χ2n) is 3.37. The first-order valence-electron chi connectivity index (χ1n) is 4.98. The smallest absolute Gasteiger partial charge is 0.286 e. The van der Waals surface area contributed by atoms with E-state index in [0.29, 0.717) is 17.3 Å². The van der Waals surface area contributed by atoms with E-state index in [1.54, 1.807) is 7.05 Å². The lowest BCUT2D eigenvalue weighted by Gasteiger charge is -2.03. The minimum atomic E-state index is -1.59. The lowest BCUT2D eigenvalue weighted by Crippen LogP contribution is -2.12. The molecule has 0 saturated heterocycles. The molecular weight excluding hydrogens is 281 g/mol. The summed E-state index contributed by atoms with van der Waals surface area (Å²) in [6.07, 6.45) is 0. The molecule has 0 radical (unpaired) electrons. The van der Waals surface area contributed by atoms with E-state index in [2.05, 4.69) is 20.8 Å². The predicted octanol–water partition coefficient (Wildman–Crippen LogP) is 2.25. The first-order valence-corrected chi connectivity index (χ1v) is 5.80. The van der Waals surface area contributed by atoms with Gasteiger partial charge < -0.3 is 10.6 Å². The van der Waals surface area contributed by atoms with Crippen LogP contribution in [0, 0.1) is 17.5 Å². The molecule has 0 aliphatic rings. The summed E-state index contributed by atoms with van der Waals surface area (Å²) in [6, 6.07) is 1.35. The average molecular weight is 288 g/mol. The number of nitrogens with one attached hydrogen (secondary N) is 2. The van der Waals surface area contributed by atoms with Gasteiger partial charge in [0.05, 0.1) is 0 Å². The van der Waals surface area contributed by atoms with Crippen LogP contribution in [-0.2, 0) is 0 Å². The van der Waals surface area contributed by atoms with Crippen LogP contribution in [0.25, 0.3) is 0 Å². The molecule has 0 aliphatic heterocycles. The Morgan fingerprint density at radius 3 is 2.37 bits per heavy atom. The van der Waals surface area contributed by atoms with E-state index in [9.17, 15) is 18.0 Å². The molecule has 2 rings (SSSR count). The molecule has 0 aliphatic carbocycles. The molecule has 5 nitrogen and oxygen atoms in total. The number of halogens is 3. The molecule has 19 heavy (non-hydrogen) atoms. The minimum absolute atomic E-state index is 0.00879. The van der Waals surface area contributed by atoms with Gasteiger partial charge in [-0.2, -0.15) is 0 Å². The zero-order chi connectivity index (χ0) is 14.0. The molecule has 2 aromatic rings.